The van der Waals surface area contributed by atoms with Crippen molar-refractivity contribution >= 4 is 58.0 Å². The Kier molecular flexibility index (Phi) is 8.07. The summed E-state index contributed by atoms with van der Waals surface area (Å²) in [6.07, 6.45) is 4.43. The minimum Gasteiger partial charge on any atom is -0.371 e. The number of rotatable bonds is 7. The summed E-state index contributed by atoms with van der Waals surface area (Å²) in [7, 11) is 0. The number of piperidine rings is 1. The van der Waals surface area contributed by atoms with Crippen LogP contribution < -0.4 is 20.9 Å². The summed E-state index contributed by atoms with van der Waals surface area (Å²) < 4.78 is 0. The Morgan fingerprint density at radius 3 is 2.28 bits per heavy atom. The van der Waals surface area contributed by atoms with Gasteiger partial charge in [0.05, 0.1) is 27.9 Å². The molecule has 0 aliphatic carbocycles. The van der Waals surface area contributed by atoms with Crippen molar-refractivity contribution in [3.05, 3.63) is 82.5 Å². The van der Waals surface area contributed by atoms with Crippen molar-refractivity contribution in [1.29, 1.82) is 0 Å². The third kappa shape index (κ3) is 5.95. The summed E-state index contributed by atoms with van der Waals surface area (Å²) in [5.41, 5.74) is 2.43. The van der Waals surface area contributed by atoms with E-state index < -0.39 is 5.91 Å². The predicted octanol–water partition coefficient (Wildman–Crippen LogP) is 3.97. The van der Waals surface area contributed by atoms with E-state index in [-0.39, 0.29) is 39.2 Å². The zero-order valence-corrected chi connectivity index (χ0v) is 20.9. The first-order valence-electron chi connectivity index (χ1n) is 11.5. The highest BCUT2D eigenvalue weighted by Crippen LogP contribution is 2.25. The molecule has 0 atom stereocenters. The van der Waals surface area contributed by atoms with Gasteiger partial charge in [-0.1, -0.05) is 35.8 Å². The molecule has 0 radical (unpaired) electrons. The summed E-state index contributed by atoms with van der Waals surface area (Å²) in [4.78, 5) is 43.6. The molecule has 10 heteroatoms. The Labute approximate surface area is 219 Å². The van der Waals surface area contributed by atoms with Gasteiger partial charge >= 0.3 is 0 Å². The number of nitrogens with one attached hydrogen (secondary N) is 3. The van der Waals surface area contributed by atoms with Crippen molar-refractivity contribution in [2.75, 3.05) is 29.9 Å². The van der Waals surface area contributed by atoms with E-state index in [2.05, 4.69) is 32.4 Å². The summed E-state index contributed by atoms with van der Waals surface area (Å²) in [6.45, 7) is 5.28. The second-order valence-electron chi connectivity index (χ2n) is 8.33. The van der Waals surface area contributed by atoms with Crippen molar-refractivity contribution in [3.63, 3.8) is 0 Å². The Morgan fingerprint density at radius 2 is 1.64 bits per heavy atom. The molecule has 1 fully saturated rings. The lowest BCUT2D eigenvalue weighted by atomic mass is 10.0. The molecule has 0 aromatic heterocycles. The van der Waals surface area contributed by atoms with Crippen LogP contribution >= 0.6 is 23.2 Å². The van der Waals surface area contributed by atoms with Crippen LogP contribution in [0.5, 0.6) is 0 Å². The molecule has 1 saturated heterocycles. The van der Waals surface area contributed by atoms with E-state index in [4.69, 9.17) is 23.2 Å². The van der Waals surface area contributed by atoms with Crippen LogP contribution in [0.25, 0.3) is 0 Å². The van der Waals surface area contributed by atoms with Crippen LogP contribution in [-0.2, 0) is 9.59 Å². The van der Waals surface area contributed by atoms with Crippen molar-refractivity contribution < 1.29 is 14.4 Å². The van der Waals surface area contributed by atoms with Gasteiger partial charge in [0.1, 0.15) is 5.71 Å². The number of halogens is 2. The predicted molar refractivity (Wildman–Crippen MR) is 143 cm³/mol. The van der Waals surface area contributed by atoms with Gasteiger partial charge in [0.15, 0.2) is 0 Å². The second kappa shape index (κ2) is 11.4. The molecule has 2 aliphatic heterocycles. The molecule has 0 spiro atoms. The van der Waals surface area contributed by atoms with Crippen LogP contribution in [0, 0.1) is 0 Å². The van der Waals surface area contributed by atoms with E-state index in [1.807, 2.05) is 24.3 Å². The van der Waals surface area contributed by atoms with E-state index >= 15 is 0 Å². The van der Waals surface area contributed by atoms with Gasteiger partial charge in [-0.25, -0.2) is 0 Å². The molecule has 3 amide bonds. The summed E-state index contributed by atoms with van der Waals surface area (Å²) in [6, 6.07) is 12.4. The molecule has 4 rings (SSSR count). The number of nitrogens with zero attached hydrogens (tertiary/aromatic N) is 2. The summed E-state index contributed by atoms with van der Waals surface area (Å²) >= 11 is 12.3. The van der Waals surface area contributed by atoms with Crippen LogP contribution in [0.2, 0.25) is 10.0 Å². The maximum absolute atomic E-state index is 12.9. The molecular weight excluding hydrogens is 501 g/mol. The third-order valence-electron chi connectivity index (χ3n) is 5.97. The first kappa shape index (κ1) is 25.5. The average molecular weight is 526 g/mol. The molecule has 2 aliphatic rings. The first-order chi connectivity index (χ1) is 17.4. The Hall–Kier alpha value is -3.62. The van der Waals surface area contributed by atoms with Gasteiger partial charge in [-0.05, 0) is 61.4 Å². The van der Waals surface area contributed by atoms with Crippen molar-refractivity contribution in [2.24, 2.45) is 4.99 Å². The maximum Gasteiger partial charge on any atom is 0.271 e. The third-order valence-corrected chi connectivity index (χ3v) is 6.60. The zero-order chi connectivity index (χ0) is 25.7. The SMILES string of the molecule is C=CC(=O)Nc1ccc(N2CCC(NC(=O)C3=NCC=C3NC(=O)c3c(Cl)cccc3Cl)CC2)cc1. The van der Waals surface area contributed by atoms with Gasteiger partial charge in [0, 0.05) is 30.5 Å². The standard InChI is InChI=1S/C26H25Cl2N5O3/c1-2-22(34)30-16-6-8-18(9-7-16)33-14-11-17(12-15-33)31-26(36)24-21(10-13-29-24)32-25(35)23-19(27)4-3-5-20(23)28/h2-10,17H,1,11-15H2,(H,30,34)(H,31,36)(H,32,35). The largest absolute Gasteiger partial charge is 0.371 e. The maximum atomic E-state index is 12.9. The lowest BCUT2D eigenvalue weighted by Gasteiger charge is -2.34. The lowest BCUT2D eigenvalue weighted by Crippen LogP contribution is -2.47. The molecule has 36 heavy (non-hydrogen) atoms. The van der Waals surface area contributed by atoms with E-state index in [9.17, 15) is 14.4 Å². The molecule has 2 aromatic carbocycles. The Morgan fingerprint density at radius 1 is 0.972 bits per heavy atom. The Balaban J connectivity index is 1.29. The molecule has 3 N–H and O–H groups in total. The fourth-order valence-corrected chi connectivity index (χ4v) is 4.67. The molecule has 0 saturated carbocycles. The van der Waals surface area contributed by atoms with Crippen LogP contribution in [0.1, 0.15) is 23.2 Å². The highest BCUT2D eigenvalue weighted by molar-refractivity contribution is 6.46. The van der Waals surface area contributed by atoms with Gasteiger partial charge < -0.3 is 20.9 Å². The topological polar surface area (TPSA) is 103 Å². The first-order valence-corrected chi connectivity index (χ1v) is 12.2. The van der Waals surface area contributed by atoms with Crippen molar-refractivity contribution in [2.45, 2.75) is 18.9 Å². The average Bonchev–Trinajstić information content (AvgIpc) is 3.33. The van der Waals surface area contributed by atoms with E-state index in [0.29, 0.717) is 17.9 Å². The number of carbonyl (C=O) groups is 3. The van der Waals surface area contributed by atoms with E-state index in [0.717, 1.165) is 31.6 Å². The quantitative estimate of drug-likeness (QED) is 0.475. The summed E-state index contributed by atoms with van der Waals surface area (Å²) in [5.74, 6) is -1.08. The number of anilines is 2. The molecule has 2 heterocycles. The van der Waals surface area contributed by atoms with E-state index in [1.54, 1.807) is 24.3 Å². The van der Waals surface area contributed by atoms with E-state index in [1.165, 1.54) is 6.08 Å². The van der Waals surface area contributed by atoms with Gasteiger partial charge in [0.25, 0.3) is 11.8 Å². The van der Waals surface area contributed by atoms with Crippen molar-refractivity contribution in [3.8, 4) is 0 Å². The van der Waals surface area contributed by atoms with Crippen LogP contribution in [0.4, 0.5) is 11.4 Å². The number of hydrogen-bond acceptors (Lipinski definition) is 5. The van der Waals surface area contributed by atoms with Crippen LogP contribution in [0.3, 0.4) is 0 Å². The van der Waals surface area contributed by atoms with Crippen LogP contribution in [0.15, 0.2) is 71.9 Å². The summed E-state index contributed by atoms with van der Waals surface area (Å²) in [5, 5.41) is 8.94. The normalized spacial score (nSPS) is 15.6. The highest BCUT2D eigenvalue weighted by atomic mass is 35.5. The number of hydrogen-bond donors (Lipinski definition) is 3. The number of aliphatic imine (C=N–C) groups is 1. The fourth-order valence-electron chi connectivity index (χ4n) is 4.10. The molecule has 2 aromatic rings. The zero-order valence-electron chi connectivity index (χ0n) is 19.4. The second-order valence-corrected chi connectivity index (χ2v) is 9.15. The minimum atomic E-state index is -0.498. The highest BCUT2D eigenvalue weighted by Gasteiger charge is 2.27. The number of carbonyl (C=O) groups excluding carboxylic acids is 3. The monoisotopic (exact) mass is 525 g/mol. The van der Waals surface area contributed by atoms with Gasteiger partial charge in [-0.2, -0.15) is 0 Å². The lowest BCUT2D eigenvalue weighted by molar-refractivity contribution is -0.115. The molecular formula is C26H25Cl2N5O3. The molecule has 8 nitrogen and oxygen atoms in total. The van der Waals surface area contributed by atoms with Crippen molar-refractivity contribution in [1.82, 2.24) is 10.6 Å². The Bertz CT molecular complexity index is 1230. The van der Waals surface area contributed by atoms with Crippen LogP contribution in [-0.4, -0.2) is 49.1 Å². The molecule has 0 unspecified atom stereocenters. The molecule has 186 valence electrons. The van der Waals surface area contributed by atoms with Gasteiger partial charge in [0.2, 0.25) is 5.91 Å². The fraction of sp³-hybridized carbons (Fsp3) is 0.231. The minimum absolute atomic E-state index is 0.0156. The van der Waals surface area contributed by atoms with Gasteiger partial charge in [-0.15, -0.1) is 0 Å². The smallest absolute Gasteiger partial charge is 0.271 e. The molecule has 0 bridgehead atoms. The number of amides is 3. The number of benzene rings is 2. The van der Waals surface area contributed by atoms with Gasteiger partial charge in [-0.3, -0.25) is 19.4 Å².